The molecule has 0 radical (unpaired) electrons. The van der Waals surface area contributed by atoms with Crippen LogP contribution in [0.4, 0.5) is 4.39 Å². The Kier molecular flexibility index (Phi) is 5.14. The van der Waals surface area contributed by atoms with Gasteiger partial charge in [-0.2, -0.15) is 0 Å². The molecule has 0 unspecified atom stereocenters. The van der Waals surface area contributed by atoms with E-state index in [1.165, 1.54) is 30.4 Å². The average molecular weight is 338 g/mol. The average Bonchev–Trinajstić information content (AvgIpc) is 3.44. The number of benzene rings is 2. The molecular weight excluding hydrogens is 311 g/mol. The van der Waals surface area contributed by atoms with Crippen molar-refractivity contribution in [3.63, 3.8) is 0 Å². The first-order valence-corrected chi connectivity index (χ1v) is 9.53. The van der Waals surface area contributed by atoms with E-state index in [9.17, 15) is 4.39 Å². The Hall–Kier alpha value is -1.71. The maximum absolute atomic E-state index is 13.0. The van der Waals surface area contributed by atoms with Gasteiger partial charge in [-0.1, -0.05) is 42.5 Å². The Labute approximate surface area is 150 Å². The summed E-state index contributed by atoms with van der Waals surface area (Å²) in [5, 5.41) is 3.79. The van der Waals surface area contributed by atoms with Gasteiger partial charge in [0.15, 0.2) is 0 Å². The molecule has 2 fully saturated rings. The van der Waals surface area contributed by atoms with E-state index in [2.05, 4.69) is 40.5 Å². The summed E-state index contributed by atoms with van der Waals surface area (Å²) in [6, 6.07) is 18.5. The van der Waals surface area contributed by atoms with E-state index in [1.54, 1.807) is 12.1 Å². The van der Waals surface area contributed by atoms with Gasteiger partial charge in [0, 0.05) is 18.5 Å². The largest absolute Gasteiger partial charge is 0.313 e. The van der Waals surface area contributed by atoms with Crippen LogP contribution < -0.4 is 5.32 Å². The third kappa shape index (κ3) is 4.47. The molecule has 2 aromatic carbocycles. The third-order valence-corrected chi connectivity index (χ3v) is 5.71. The smallest absolute Gasteiger partial charge is 0.123 e. The van der Waals surface area contributed by atoms with Crippen LogP contribution in [0.5, 0.6) is 0 Å². The van der Waals surface area contributed by atoms with Crippen molar-refractivity contribution >= 4 is 0 Å². The summed E-state index contributed by atoms with van der Waals surface area (Å²) in [5.74, 6) is 1.36. The summed E-state index contributed by atoms with van der Waals surface area (Å²) in [6.45, 7) is 4.39. The lowest BCUT2D eigenvalue weighted by Gasteiger charge is -2.32. The molecule has 4 rings (SSSR count). The van der Waals surface area contributed by atoms with Crippen LogP contribution in [0.3, 0.4) is 0 Å². The van der Waals surface area contributed by atoms with Crippen LogP contribution >= 0.6 is 0 Å². The van der Waals surface area contributed by atoms with E-state index >= 15 is 0 Å². The number of piperidine rings is 1. The maximum atomic E-state index is 13.0. The van der Waals surface area contributed by atoms with Gasteiger partial charge in [0.25, 0.3) is 0 Å². The number of rotatable bonds is 6. The standard InChI is InChI=1S/C22H27FN2/c23-20-8-6-18(7-9-20)16-25-12-10-17(11-13-25)15-24-22-14-21(22)19-4-2-1-3-5-19/h1-9,17,21-22,24H,10-16H2/t21-,22+/m0/s1. The van der Waals surface area contributed by atoms with Crippen LogP contribution in [0.15, 0.2) is 54.6 Å². The van der Waals surface area contributed by atoms with Gasteiger partial charge in [-0.15, -0.1) is 0 Å². The molecule has 2 aromatic rings. The van der Waals surface area contributed by atoms with Gasteiger partial charge < -0.3 is 5.32 Å². The predicted molar refractivity (Wildman–Crippen MR) is 100.0 cm³/mol. The number of hydrogen-bond donors (Lipinski definition) is 1. The van der Waals surface area contributed by atoms with Crippen molar-refractivity contribution in [1.82, 2.24) is 10.2 Å². The topological polar surface area (TPSA) is 15.3 Å². The molecule has 3 heteroatoms. The Morgan fingerprint density at radius 2 is 1.68 bits per heavy atom. The van der Waals surface area contributed by atoms with Crippen molar-refractivity contribution in [2.24, 2.45) is 5.92 Å². The van der Waals surface area contributed by atoms with Crippen LogP contribution in [-0.2, 0) is 6.54 Å². The molecule has 1 saturated carbocycles. The quantitative estimate of drug-likeness (QED) is 0.850. The molecular formula is C22H27FN2. The lowest BCUT2D eigenvalue weighted by Crippen LogP contribution is -2.37. The second-order valence-electron chi connectivity index (χ2n) is 7.61. The van der Waals surface area contributed by atoms with Crippen molar-refractivity contribution in [2.45, 2.75) is 37.8 Å². The van der Waals surface area contributed by atoms with Gasteiger partial charge in [0.05, 0.1) is 0 Å². The fourth-order valence-electron chi connectivity index (χ4n) is 4.00. The van der Waals surface area contributed by atoms with Gasteiger partial charge in [-0.05, 0) is 68.1 Å². The maximum Gasteiger partial charge on any atom is 0.123 e. The SMILES string of the molecule is Fc1ccc(CN2CCC(CN[C@@H]3C[C@H]3c3ccccc3)CC2)cc1. The number of halogens is 1. The number of likely N-dealkylation sites (tertiary alicyclic amines) is 1. The minimum Gasteiger partial charge on any atom is -0.313 e. The zero-order valence-electron chi connectivity index (χ0n) is 14.7. The lowest BCUT2D eigenvalue weighted by molar-refractivity contribution is 0.175. The third-order valence-electron chi connectivity index (χ3n) is 5.71. The van der Waals surface area contributed by atoms with E-state index in [-0.39, 0.29) is 5.82 Å². The molecule has 0 bridgehead atoms. The van der Waals surface area contributed by atoms with Crippen molar-refractivity contribution < 1.29 is 4.39 Å². The van der Waals surface area contributed by atoms with Gasteiger partial charge in [-0.25, -0.2) is 4.39 Å². The van der Waals surface area contributed by atoms with Gasteiger partial charge >= 0.3 is 0 Å². The molecule has 1 aliphatic carbocycles. The monoisotopic (exact) mass is 338 g/mol. The molecule has 2 atom stereocenters. The first kappa shape index (κ1) is 16.7. The zero-order valence-corrected chi connectivity index (χ0v) is 14.7. The minimum absolute atomic E-state index is 0.151. The molecule has 1 saturated heterocycles. The second-order valence-corrected chi connectivity index (χ2v) is 7.61. The van der Waals surface area contributed by atoms with Crippen LogP contribution in [0.25, 0.3) is 0 Å². The highest BCUT2D eigenvalue weighted by Gasteiger charge is 2.38. The van der Waals surface area contributed by atoms with Gasteiger partial charge in [0.1, 0.15) is 5.82 Å². The molecule has 25 heavy (non-hydrogen) atoms. The van der Waals surface area contributed by atoms with Crippen LogP contribution in [0, 0.1) is 11.7 Å². The van der Waals surface area contributed by atoms with Crippen molar-refractivity contribution in [2.75, 3.05) is 19.6 Å². The van der Waals surface area contributed by atoms with Crippen LogP contribution in [0.2, 0.25) is 0 Å². The summed E-state index contributed by atoms with van der Waals surface area (Å²) < 4.78 is 13.0. The Bertz CT molecular complexity index is 662. The number of nitrogens with one attached hydrogen (secondary N) is 1. The van der Waals surface area contributed by atoms with Crippen molar-refractivity contribution in [3.8, 4) is 0 Å². The molecule has 132 valence electrons. The fraction of sp³-hybridized carbons (Fsp3) is 0.455. The first-order valence-electron chi connectivity index (χ1n) is 9.53. The van der Waals surface area contributed by atoms with E-state index in [0.717, 1.165) is 38.0 Å². The lowest BCUT2D eigenvalue weighted by atomic mass is 9.96. The summed E-state index contributed by atoms with van der Waals surface area (Å²) in [5.41, 5.74) is 2.69. The molecule has 1 N–H and O–H groups in total. The Morgan fingerprint density at radius 1 is 0.960 bits per heavy atom. The zero-order chi connectivity index (χ0) is 17.1. The normalized spacial score (nSPS) is 24.4. The Balaban J connectivity index is 1.17. The number of nitrogens with zero attached hydrogens (tertiary/aromatic N) is 1. The Morgan fingerprint density at radius 3 is 2.40 bits per heavy atom. The van der Waals surface area contributed by atoms with Gasteiger partial charge in [0.2, 0.25) is 0 Å². The van der Waals surface area contributed by atoms with E-state index in [4.69, 9.17) is 0 Å². The highest BCUT2D eigenvalue weighted by molar-refractivity contribution is 5.27. The highest BCUT2D eigenvalue weighted by Crippen LogP contribution is 2.40. The first-order chi connectivity index (χ1) is 12.3. The molecule has 0 aromatic heterocycles. The van der Waals surface area contributed by atoms with E-state index < -0.39 is 0 Å². The van der Waals surface area contributed by atoms with Crippen molar-refractivity contribution in [3.05, 3.63) is 71.5 Å². The minimum atomic E-state index is -0.151. The molecule has 0 spiro atoms. The molecule has 1 heterocycles. The molecule has 2 aliphatic rings. The molecule has 0 amide bonds. The van der Waals surface area contributed by atoms with E-state index in [1.807, 2.05) is 12.1 Å². The predicted octanol–water partition coefficient (Wildman–Crippen LogP) is 4.18. The van der Waals surface area contributed by atoms with Crippen LogP contribution in [0.1, 0.15) is 36.3 Å². The van der Waals surface area contributed by atoms with E-state index in [0.29, 0.717) is 6.04 Å². The summed E-state index contributed by atoms with van der Waals surface area (Å²) in [6.07, 6.45) is 3.81. The highest BCUT2D eigenvalue weighted by atomic mass is 19.1. The van der Waals surface area contributed by atoms with Crippen LogP contribution in [-0.4, -0.2) is 30.6 Å². The van der Waals surface area contributed by atoms with Crippen molar-refractivity contribution in [1.29, 1.82) is 0 Å². The van der Waals surface area contributed by atoms with Gasteiger partial charge in [-0.3, -0.25) is 4.90 Å². The summed E-state index contributed by atoms with van der Waals surface area (Å²) >= 11 is 0. The summed E-state index contributed by atoms with van der Waals surface area (Å²) in [7, 11) is 0. The fourth-order valence-corrected chi connectivity index (χ4v) is 4.00. The second kappa shape index (κ2) is 7.67. The number of hydrogen-bond acceptors (Lipinski definition) is 2. The summed E-state index contributed by atoms with van der Waals surface area (Å²) in [4.78, 5) is 2.49. The molecule has 2 nitrogen and oxygen atoms in total. The molecule has 1 aliphatic heterocycles.